The predicted octanol–water partition coefficient (Wildman–Crippen LogP) is 5.67. The zero-order chi connectivity index (χ0) is 18.1. The fourth-order valence-corrected chi connectivity index (χ4v) is 2.88. The third kappa shape index (κ3) is 6.07. The van der Waals surface area contributed by atoms with Crippen molar-refractivity contribution in [2.75, 3.05) is 11.9 Å². The molecule has 0 saturated heterocycles. The third-order valence-electron chi connectivity index (χ3n) is 4.58. The first-order valence-electron chi connectivity index (χ1n) is 9.58. The number of nitrogens with zero attached hydrogens (tertiary/aromatic N) is 1. The minimum Gasteiger partial charge on any atom is -0.449 e. The van der Waals surface area contributed by atoms with Crippen molar-refractivity contribution in [2.24, 2.45) is 5.92 Å². The van der Waals surface area contributed by atoms with E-state index in [0.29, 0.717) is 18.5 Å². The fourth-order valence-electron chi connectivity index (χ4n) is 2.88. The Morgan fingerprint density at radius 3 is 2.76 bits per heavy atom. The van der Waals surface area contributed by atoms with Gasteiger partial charge in [0.2, 0.25) is 5.95 Å². The minimum absolute atomic E-state index is 0.433. The summed E-state index contributed by atoms with van der Waals surface area (Å²) < 4.78 is 5.36. The number of anilines is 1. The second-order valence-electron chi connectivity index (χ2n) is 6.68. The van der Waals surface area contributed by atoms with E-state index in [0.717, 1.165) is 30.3 Å². The number of hydrogen-bond acceptors (Lipinski definition) is 3. The Bertz CT molecular complexity index is 666. The highest BCUT2D eigenvalue weighted by Crippen LogP contribution is 2.18. The summed E-state index contributed by atoms with van der Waals surface area (Å²) in [7, 11) is 0. The van der Waals surface area contributed by atoms with Crippen molar-refractivity contribution in [1.29, 1.82) is 0 Å². The van der Waals surface area contributed by atoms with Crippen molar-refractivity contribution in [3.63, 3.8) is 0 Å². The van der Waals surface area contributed by atoms with Crippen molar-refractivity contribution in [3.05, 3.63) is 23.8 Å². The van der Waals surface area contributed by atoms with Crippen molar-refractivity contribution in [1.82, 2.24) is 9.97 Å². The van der Waals surface area contributed by atoms with E-state index in [-0.39, 0.29) is 0 Å². The number of imidazole rings is 1. The summed E-state index contributed by atoms with van der Waals surface area (Å²) in [5.74, 6) is 0.872. The van der Waals surface area contributed by atoms with Crippen LogP contribution in [0.25, 0.3) is 11.0 Å². The number of nitrogens with one attached hydrogen (secondary N) is 2. The number of aryl methyl sites for hydroxylation is 1. The molecule has 2 N–H and O–H groups in total. The van der Waals surface area contributed by atoms with Gasteiger partial charge >= 0.3 is 6.09 Å². The normalized spacial score (nSPS) is 12.3. The monoisotopic (exact) mass is 345 g/mol. The number of H-pyrrole nitrogens is 1. The first-order chi connectivity index (χ1) is 12.2. The van der Waals surface area contributed by atoms with E-state index in [4.69, 9.17) is 4.74 Å². The number of aromatic amines is 1. The summed E-state index contributed by atoms with van der Waals surface area (Å²) in [6.07, 6.45) is 7.44. The molecule has 0 aliphatic heterocycles. The number of aromatic nitrogens is 2. The molecule has 138 valence electrons. The number of carbonyl (C=O) groups excluding carboxylic acids is 1. The zero-order valence-electron chi connectivity index (χ0n) is 15.7. The summed E-state index contributed by atoms with van der Waals surface area (Å²) in [4.78, 5) is 19.6. The molecule has 5 nitrogen and oxygen atoms in total. The minimum atomic E-state index is -0.444. The molecule has 2 aromatic rings. The van der Waals surface area contributed by atoms with Gasteiger partial charge in [-0.05, 0) is 42.9 Å². The molecular weight excluding hydrogens is 314 g/mol. The zero-order valence-corrected chi connectivity index (χ0v) is 15.7. The first-order valence-corrected chi connectivity index (χ1v) is 9.58. The Balaban J connectivity index is 1.89. The lowest BCUT2D eigenvalue weighted by molar-refractivity contribution is 0.136. The van der Waals surface area contributed by atoms with Gasteiger partial charge in [-0.1, -0.05) is 52.5 Å². The summed E-state index contributed by atoms with van der Waals surface area (Å²) in [6, 6.07) is 6.19. The maximum Gasteiger partial charge on any atom is 0.413 e. The number of ether oxygens (including phenoxy) is 1. The largest absolute Gasteiger partial charge is 0.449 e. The summed E-state index contributed by atoms with van der Waals surface area (Å²) in [5.41, 5.74) is 3.08. The number of unbranched alkanes of at least 4 members (excludes halogenated alkanes) is 2. The molecule has 0 spiro atoms. The van der Waals surface area contributed by atoms with Gasteiger partial charge in [-0.2, -0.15) is 0 Å². The Morgan fingerprint density at radius 2 is 2.04 bits per heavy atom. The number of rotatable bonds is 10. The molecule has 0 saturated carbocycles. The van der Waals surface area contributed by atoms with Gasteiger partial charge in [-0.25, -0.2) is 9.78 Å². The quantitative estimate of drug-likeness (QED) is 0.583. The molecule has 1 heterocycles. The van der Waals surface area contributed by atoms with Gasteiger partial charge in [0.05, 0.1) is 17.6 Å². The van der Waals surface area contributed by atoms with Crippen LogP contribution in [0.3, 0.4) is 0 Å². The Kier molecular flexibility index (Phi) is 7.76. The van der Waals surface area contributed by atoms with E-state index in [1.165, 1.54) is 31.2 Å². The molecule has 1 unspecified atom stereocenters. The molecule has 1 aromatic carbocycles. The maximum atomic E-state index is 12.0. The van der Waals surface area contributed by atoms with Gasteiger partial charge in [-0.15, -0.1) is 0 Å². The number of carbonyl (C=O) groups is 1. The molecule has 1 atom stereocenters. The lowest BCUT2D eigenvalue weighted by Gasteiger charge is -2.14. The number of hydrogen-bond donors (Lipinski definition) is 2. The average Bonchev–Trinajstić information content (AvgIpc) is 3.01. The van der Waals surface area contributed by atoms with E-state index in [1.54, 1.807) is 0 Å². The van der Waals surface area contributed by atoms with Crippen LogP contribution in [0.1, 0.15) is 64.9 Å². The van der Waals surface area contributed by atoms with Crippen LogP contribution in [-0.4, -0.2) is 22.7 Å². The van der Waals surface area contributed by atoms with E-state index >= 15 is 0 Å². The van der Waals surface area contributed by atoms with Gasteiger partial charge in [0.1, 0.15) is 0 Å². The Hall–Kier alpha value is -2.04. The van der Waals surface area contributed by atoms with E-state index in [1.807, 2.05) is 6.07 Å². The van der Waals surface area contributed by atoms with Crippen LogP contribution in [0.4, 0.5) is 10.7 Å². The molecule has 25 heavy (non-hydrogen) atoms. The van der Waals surface area contributed by atoms with Crippen LogP contribution in [0.2, 0.25) is 0 Å². The van der Waals surface area contributed by atoms with Gasteiger partial charge in [-0.3, -0.25) is 5.32 Å². The van der Waals surface area contributed by atoms with Crippen molar-refractivity contribution in [3.8, 4) is 0 Å². The van der Waals surface area contributed by atoms with Gasteiger partial charge in [0.25, 0.3) is 0 Å². The molecular formula is C20H31N3O2. The number of fused-ring (bicyclic) bond motifs is 1. The number of amides is 1. The Morgan fingerprint density at radius 1 is 1.24 bits per heavy atom. The van der Waals surface area contributed by atoms with E-state index in [9.17, 15) is 4.79 Å². The maximum absolute atomic E-state index is 12.0. The summed E-state index contributed by atoms with van der Waals surface area (Å²) in [6.45, 7) is 6.96. The van der Waals surface area contributed by atoms with Gasteiger partial charge < -0.3 is 9.72 Å². The molecule has 5 heteroatoms. The highest BCUT2D eigenvalue weighted by molar-refractivity contribution is 5.86. The fraction of sp³-hybridized carbons (Fsp3) is 0.600. The average molecular weight is 345 g/mol. The summed E-state index contributed by atoms with van der Waals surface area (Å²) in [5, 5.41) is 2.70. The highest BCUT2D eigenvalue weighted by atomic mass is 16.5. The first kappa shape index (κ1) is 19.3. The molecule has 0 radical (unpaired) electrons. The van der Waals surface area contributed by atoms with Crippen LogP contribution < -0.4 is 5.32 Å². The second kappa shape index (κ2) is 10.1. The second-order valence-corrected chi connectivity index (χ2v) is 6.68. The van der Waals surface area contributed by atoms with E-state index < -0.39 is 6.09 Å². The molecule has 1 amide bonds. The van der Waals surface area contributed by atoms with Crippen LogP contribution in [0.15, 0.2) is 18.2 Å². The SMILES string of the molecule is CCCCc1ccc2nc(NC(=O)OCC(CC)CCCC)[nH]c2c1. The molecule has 0 bridgehead atoms. The lowest BCUT2D eigenvalue weighted by atomic mass is 10.0. The smallest absolute Gasteiger partial charge is 0.413 e. The third-order valence-corrected chi connectivity index (χ3v) is 4.58. The molecule has 2 rings (SSSR count). The molecule has 0 fully saturated rings. The van der Waals surface area contributed by atoms with Gasteiger partial charge in [0, 0.05) is 0 Å². The molecule has 0 aliphatic rings. The van der Waals surface area contributed by atoms with Crippen molar-refractivity contribution >= 4 is 23.1 Å². The van der Waals surface area contributed by atoms with Crippen LogP contribution in [0.5, 0.6) is 0 Å². The van der Waals surface area contributed by atoms with Crippen LogP contribution in [0, 0.1) is 5.92 Å². The van der Waals surface area contributed by atoms with Crippen molar-refractivity contribution in [2.45, 2.75) is 65.7 Å². The standard InChI is InChI=1S/C20H31N3O2/c1-4-7-9-15(6-3)14-25-20(24)23-19-21-17-12-11-16(10-8-5-2)13-18(17)22-19/h11-13,15H,4-10,14H2,1-3H3,(H2,21,22,23,24). The molecule has 0 aliphatic carbocycles. The Labute approximate surface area is 150 Å². The van der Waals surface area contributed by atoms with Crippen molar-refractivity contribution < 1.29 is 9.53 Å². The predicted molar refractivity (Wildman–Crippen MR) is 103 cm³/mol. The number of benzene rings is 1. The lowest BCUT2D eigenvalue weighted by Crippen LogP contribution is -2.19. The highest BCUT2D eigenvalue weighted by Gasteiger charge is 2.12. The van der Waals surface area contributed by atoms with Gasteiger partial charge in [0.15, 0.2) is 0 Å². The molecule has 1 aromatic heterocycles. The van der Waals surface area contributed by atoms with Crippen LogP contribution >= 0.6 is 0 Å². The van der Waals surface area contributed by atoms with E-state index in [2.05, 4.69) is 48.2 Å². The topological polar surface area (TPSA) is 67.0 Å². The van der Waals surface area contributed by atoms with Crippen LogP contribution in [-0.2, 0) is 11.2 Å². The summed E-state index contributed by atoms with van der Waals surface area (Å²) >= 11 is 0.